The first-order valence-electron chi connectivity index (χ1n) is 14.4. The number of fused-ring (bicyclic) bond motifs is 16. The van der Waals surface area contributed by atoms with Crippen molar-refractivity contribution in [2.75, 3.05) is 0 Å². The molecule has 0 saturated heterocycles. The molecule has 0 aliphatic rings. The van der Waals surface area contributed by atoms with E-state index in [-0.39, 0.29) is 0 Å². The maximum absolute atomic E-state index is 5.17. The Morgan fingerprint density at radius 2 is 0.929 bits per heavy atom. The van der Waals surface area contributed by atoms with Crippen LogP contribution in [0, 0.1) is 0 Å². The van der Waals surface area contributed by atoms with Crippen molar-refractivity contribution in [3.8, 4) is 5.69 Å². The zero-order valence-electron chi connectivity index (χ0n) is 22.6. The second-order valence-electron chi connectivity index (χ2n) is 11.2. The molecule has 0 atom stereocenters. The summed E-state index contributed by atoms with van der Waals surface area (Å²) in [6.07, 6.45) is 0. The van der Waals surface area contributed by atoms with Gasteiger partial charge in [0.2, 0.25) is 0 Å². The molecule has 0 saturated carbocycles. The minimum atomic E-state index is 0.987. The molecule has 42 heavy (non-hydrogen) atoms. The van der Waals surface area contributed by atoms with Gasteiger partial charge in [-0.3, -0.25) is 8.97 Å². The van der Waals surface area contributed by atoms with Gasteiger partial charge in [0.25, 0.3) is 0 Å². The topological polar surface area (TPSA) is 22.2 Å². The normalized spacial score (nSPS) is 12.3. The zero-order valence-corrected chi connectivity index (χ0v) is 22.6. The number of para-hydroxylation sites is 3. The Bertz CT molecular complexity index is 2710. The number of rotatable bonds is 1. The zero-order chi connectivity index (χ0) is 27.4. The van der Waals surface area contributed by atoms with E-state index in [2.05, 4.69) is 148 Å². The van der Waals surface area contributed by atoms with Crippen LogP contribution in [0.5, 0.6) is 0 Å². The van der Waals surface area contributed by atoms with Crippen LogP contribution in [-0.4, -0.2) is 14.0 Å². The highest BCUT2D eigenvalue weighted by Gasteiger charge is 2.21. The van der Waals surface area contributed by atoms with Gasteiger partial charge in [-0.05, 0) is 68.0 Å². The second-order valence-corrected chi connectivity index (χ2v) is 11.2. The standard InChI is InChI=1S/C39H23N3/c1-2-13-27-25(11-1)26-12-3-4-14-28(26)33-23-24(21-22-29(27)33)41-35-19-9-7-17-32(35)37-30-15-5-6-16-31(30)38-40-34-18-8-10-20-36(34)42(38)39(37)41/h1-23H. The quantitative estimate of drug-likeness (QED) is 0.192. The van der Waals surface area contributed by atoms with E-state index in [4.69, 9.17) is 4.98 Å². The number of benzene rings is 7. The fourth-order valence-corrected chi connectivity index (χ4v) is 7.32. The van der Waals surface area contributed by atoms with Gasteiger partial charge in [0.15, 0.2) is 0 Å². The summed E-state index contributed by atoms with van der Waals surface area (Å²) in [7, 11) is 0. The Kier molecular flexibility index (Phi) is 4.18. The highest BCUT2D eigenvalue weighted by Crippen LogP contribution is 2.41. The lowest BCUT2D eigenvalue weighted by atomic mass is 9.94. The van der Waals surface area contributed by atoms with Gasteiger partial charge < -0.3 is 0 Å². The third-order valence-electron chi connectivity index (χ3n) is 9.05. The molecule has 0 N–H and O–H groups in total. The third-order valence-corrected chi connectivity index (χ3v) is 9.05. The van der Waals surface area contributed by atoms with Crippen LogP contribution < -0.4 is 0 Å². The van der Waals surface area contributed by atoms with Gasteiger partial charge >= 0.3 is 0 Å². The van der Waals surface area contributed by atoms with Crippen molar-refractivity contribution >= 4 is 81.7 Å². The number of imidazole rings is 1. The molecule has 10 aromatic rings. The molecule has 0 amide bonds. The Morgan fingerprint density at radius 1 is 0.405 bits per heavy atom. The molecule has 0 unspecified atom stereocenters. The third kappa shape index (κ3) is 2.72. The van der Waals surface area contributed by atoms with Crippen LogP contribution in [0.1, 0.15) is 0 Å². The van der Waals surface area contributed by atoms with E-state index in [1.165, 1.54) is 59.4 Å². The average Bonchev–Trinajstić information content (AvgIpc) is 3.61. The van der Waals surface area contributed by atoms with Gasteiger partial charge in [-0.15, -0.1) is 0 Å². The van der Waals surface area contributed by atoms with Crippen LogP contribution in [0.25, 0.3) is 87.4 Å². The highest BCUT2D eigenvalue weighted by atomic mass is 15.1. The van der Waals surface area contributed by atoms with Crippen molar-refractivity contribution in [1.82, 2.24) is 14.0 Å². The fourth-order valence-electron chi connectivity index (χ4n) is 7.32. The van der Waals surface area contributed by atoms with Crippen LogP contribution >= 0.6 is 0 Å². The van der Waals surface area contributed by atoms with Gasteiger partial charge in [0.1, 0.15) is 11.3 Å². The van der Waals surface area contributed by atoms with Crippen molar-refractivity contribution < 1.29 is 0 Å². The molecule has 0 aliphatic heterocycles. The van der Waals surface area contributed by atoms with E-state index in [9.17, 15) is 0 Å². The molecular weight excluding hydrogens is 510 g/mol. The SMILES string of the molecule is c1ccc2c(c1)nc1c3ccccc3c3c4ccccc4n(-c4ccc5c6ccccc6c6ccccc6c5c4)c3n21. The molecule has 194 valence electrons. The summed E-state index contributed by atoms with van der Waals surface area (Å²) in [4.78, 5) is 5.17. The second kappa shape index (κ2) is 7.96. The molecular formula is C39H23N3. The molecule has 0 bridgehead atoms. The Balaban J connectivity index is 1.46. The first-order valence-corrected chi connectivity index (χ1v) is 14.4. The van der Waals surface area contributed by atoms with E-state index in [1.807, 2.05) is 0 Å². The lowest BCUT2D eigenvalue weighted by Gasteiger charge is -2.15. The average molecular weight is 534 g/mol. The fraction of sp³-hybridized carbons (Fsp3) is 0. The van der Waals surface area contributed by atoms with E-state index in [0.717, 1.165) is 28.0 Å². The van der Waals surface area contributed by atoms with Crippen LogP contribution in [0.15, 0.2) is 140 Å². The maximum Gasteiger partial charge on any atom is 0.147 e. The van der Waals surface area contributed by atoms with Gasteiger partial charge in [-0.25, -0.2) is 4.98 Å². The largest absolute Gasteiger partial charge is 0.295 e. The van der Waals surface area contributed by atoms with Gasteiger partial charge in [-0.1, -0.05) is 109 Å². The lowest BCUT2D eigenvalue weighted by molar-refractivity contribution is 1.12. The molecule has 0 aliphatic carbocycles. The molecule has 7 aromatic carbocycles. The summed E-state index contributed by atoms with van der Waals surface area (Å²) in [5.41, 5.74) is 6.58. The van der Waals surface area contributed by atoms with E-state index in [0.29, 0.717) is 0 Å². The van der Waals surface area contributed by atoms with Crippen LogP contribution in [0.4, 0.5) is 0 Å². The Hall–Kier alpha value is -5.67. The summed E-state index contributed by atoms with van der Waals surface area (Å²) in [5.74, 6) is 0. The van der Waals surface area contributed by atoms with Gasteiger partial charge in [-0.2, -0.15) is 0 Å². The molecule has 0 radical (unpaired) electrons. The molecule has 3 heteroatoms. The van der Waals surface area contributed by atoms with Crippen molar-refractivity contribution in [2.45, 2.75) is 0 Å². The van der Waals surface area contributed by atoms with Crippen molar-refractivity contribution in [1.29, 1.82) is 0 Å². The first-order chi connectivity index (χ1) is 20.9. The maximum atomic E-state index is 5.17. The van der Waals surface area contributed by atoms with E-state index in [1.54, 1.807) is 0 Å². The predicted octanol–water partition coefficient (Wildman–Crippen LogP) is 10.2. The number of pyridine rings is 1. The number of hydrogen-bond acceptors (Lipinski definition) is 1. The summed E-state index contributed by atoms with van der Waals surface area (Å²) < 4.78 is 4.82. The number of hydrogen-bond donors (Lipinski definition) is 0. The van der Waals surface area contributed by atoms with Crippen molar-refractivity contribution in [3.05, 3.63) is 140 Å². The highest BCUT2D eigenvalue weighted by molar-refractivity contribution is 6.26. The van der Waals surface area contributed by atoms with Crippen LogP contribution in [-0.2, 0) is 0 Å². The molecule has 0 spiro atoms. The first kappa shape index (κ1) is 22.1. The van der Waals surface area contributed by atoms with Crippen LogP contribution in [0.2, 0.25) is 0 Å². The number of nitrogens with zero attached hydrogens (tertiary/aromatic N) is 3. The molecule has 10 rings (SSSR count). The summed E-state index contributed by atoms with van der Waals surface area (Å²) in [6.45, 7) is 0. The summed E-state index contributed by atoms with van der Waals surface area (Å²) >= 11 is 0. The minimum Gasteiger partial charge on any atom is -0.295 e. The van der Waals surface area contributed by atoms with Crippen LogP contribution in [0.3, 0.4) is 0 Å². The Morgan fingerprint density at radius 3 is 1.64 bits per heavy atom. The lowest BCUT2D eigenvalue weighted by Crippen LogP contribution is -2.00. The predicted molar refractivity (Wildman–Crippen MR) is 177 cm³/mol. The molecule has 3 nitrogen and oxygen atoms in total. The summed E-state index contributed by atoms with van der Waals surface area (Å²) in [5, 5.41) is 12.6. The smallest absolute Gasteiger partial charge is 0.147 e. The van der Waals surface area contributed by atoms with E-state index < -0.39 is 0 Å². The molecule has 3 heterocycles. The van der Waals surface area contributed by atoms with E-state index >= 15 is 0 Å². The monoisotopic (exact) mass is 533 g/mol. The number of aromatic nitrogens is 3. The molecule has 0 fully saturated rings. The van der Waals surface area contributed by atoms with Crippen molar-refractivity contribution in [2.24, 2.45) is 0 Å². The Labute approximate surface area is 240 Å². The van der Waals surface area contributed by atoms with Gasteiger partial charge in [0.05, 0.1) is 16.6 Å². The minimum absolute atomic E-state index is 0.987. The van der Waals surface area contributed by atoms with Crippen molar-refractivity contribution in [3.63, 3.8) is 0 Å². The summed E-state index contributed by atoms with van der Waals surface area (Å²) in [6, 6.07) is 50.5. The van der Waals surface area contributed by atoms with Gasteiger partial charge in [0, 0.05) is 21.8 Å². The molecule has 3 aromatic heterocycles.